The Morgan fingerprint density at radius 2 is 1.95 bits per heavy atom. The maximum Gasteiger partial charge on any atom is 0.324 e. The zero-order chi connectivity index (χ0) is 16.3. The van der Waals surface area contributed by atoms with Crippen LogP contribution in [0, 0.1) is 0 Å². The van der Waals surface area contributed by atoms with Gasteiger partial charge in [0.1, 0.15) is 11.5 Å². The van der Waals surface area contributed by atoms with E-state index in [9.17, 15) is 18.0 Å². The van der Waals surface area contributed by atoms with Crippen LogP contribution in [0.3, 0.4) is 0 Å². The summed E-state index contributed by atoms with van der Waals surface area (Å²) in [4.78, 5) is 22.7. The molecule has 0 saturated heterocycles. The van der Waals surface area contributed by atoms with Crippen molar-refractivity contribution in [3.63, 3.8) is 0 Å². The summed E-state index contributed by atoms with van der Waals surface area (Å²) in [5.41, 5.74) is 0.364. The quantitative estimate of drug-likeness (QED) is 0.807. The number of hydrogen-bond donors (Lipinski definition) is 2. The van der Waals surface area contributed by atoms with Crippen LogP contribution in [0.5, 0.6) is 5.75 Å². The minimum Gasteiger partial charge on any atom is -0.497 e. The zero-order valence-electron chi connectivity index (χ0n) is 11.9. The predicted octanol–water partition coefficient (Wildman–Crippen LogP) is 0.912. The number of benzene rings is 1. The van der Waals surface area contributed by atoms with Crippen LogP contribution in [-0.2, 0) is 19.4 Å². The van der Waals surface area contributed by atoms with Gasteiger partial charge in [0.2, 0.25) is 5.91 Å². The van der Waals surface area contributed by atoms with Gasteiger partial charge < -0.3 is 15.2 Å². The van der Waals surface area contributed by atoms with Gasteiger partial charge in [-0.05, 0) is 26.0 Å². The Bertz CT molecular complexity index is 650. The molecule has 2 N–H and O–H groups in total. The fraction of sp³-hybridized carbons (Fsp3) is 0.385. The molecular weight excluding hydrogens is 298 g/mol. The van der Waals surface area contributed by atoms with Gasteiger partial charge in [-0.3, -0.25) is 9.59 Å². The number of carbonyl (C=O) groups excluding carboxylic acids is 1. The molecule has 8 heteroatoms. The van der Waals surface area contributed by atoms with E-state index in [0.717, 1.165) is 13.8 Å². The number of carboxylic acid groups (broad SMARTS) is 1. The molecule has 1 rings (SSSR count). The molecule has 21 heavy (non-hydrogen) atoms. The van der Waals surface area contributed by atoms with Crippen LogP contribution in [-0.4, -0.2) is 43.0 Å². The van der Waals surface area contributed by atoms with Gasteiger partial charge in [0.15, 0.2) is 14.6 Å². The number of aliphatic carboxylic acids is 1. The van der Waals surface area contributed by atoms with Crippen molar-refractivity contribution in [2.45, 2.75) is 18.6 Å². The highest BCUT2D eigenvalue weighted by Gasteiger charge is 2.42. The monoisotopic (exact) mass is 315 g/mol. The molecular formula is C13H17NO6S. The third kappa shape index (κ3) is 3.94. The van der Waals surface area contributed by atoms with Crippen molar-refractivity contribution >= 4 is 27.4 Å². The van der Waals surface area contributed by atoms with Gasteiger partial charge in [-0.1, -0.05) is 6.07 Å². The molecule has 0 heterocycles. The molecule has 1 aromatic carbocycles. The van der Waals surface area contributed by atoms with Crippen molar-refractivity contribution in [2.24, 2.45) is 0 Å². The summed E-state index contributed by atoms with van der Waals surface area (Å²) in [6.07, 6.45) is 0. The first kappa shape index (κ1) is 17.0. The van der Waals surface area contributed by atoms with E-state index in [-0.39, 0.29) is 0 Å². The van der Waals surface area contributed by atoms with E-state index in [1.807, 2.05) is 0 Å². The first-order chi connectivity index (χ1) is 9.60. The summed E-state index contributed by atoms with van der Waals surface area (Å²) in [6, 6.07) is 6.38. The van der Waals surface area contributed by atoms with Gasteiger partial charge in [-0.25, -0.2) is 8.42 Å². The van der Waals surface area contributed by atoms with Crippen molar-refractivity contribution in [1.82, 2.24) is 0 Å². The summed E-state index contributed by atoms with van der Waals surface area (Å²) in [5.74, 6) is -2.72. The number of carboxylic acids is 1. The SMILES string of the molecule is COc1cccc(NC(=O)CS(=O)(=O)C(C)(C)C(=O)O)c1. The molecule has 116 valence electrons. The van der Waals surface area contributed by atoms with Gasteiger partial charge in [-0.2, -0.15) is 0 Å². The van der Waals surface area contributed by atoms with E-state index in [2.05, 4.69) is 5.32 Å². The van der Waals surface area contributed by atoms with Gasteiger partial charge in [0.05, 0.1) is 7.11 Å². The standard InChI is InChI=1S/C13H17NO6S/c1-13(2,12(16)17)21(18,19)8-11(15)14-9-5-4-6-10(7-9)20-3/h4-7H,8H2,1-3H3,(H,14,15)(H,16,17). The summed E-state index contributed by atoms with van der Waals surface area (Å²) < 4.78 is 26.8. The van der Waals surface area contributed by atoms with E-state index in [1.54, 1.807) is 18.2 Å². The smallest absolute Gasteiger partial charge is 0.324 e. The summed E-state index contributed by atoms with van der Waals surface area (Å²) in [6.45, 7) is 2.09. The largest absolute Gasteiger partial charge is 0.497 e. The maximum absolute atomic E-state index is 12.0. The number of rotatable bonds is 6. The van der Waals surface area contributed by atoms with Crippen LogP contribution >= 0.6 is 0 Å². The molecule has 0 aliphatic carbocycles. The minimum absolute atomic E-state index is 0.364. The molecule has 0 aliphatic heterocycles. The lowest BCUT2D eigenvalue weighted by atomic mass is 10.2. The number of ether oxygens (including phenoxy) is 1. The fourth-order valence-corrected chi connectivity index (χ4v) is 2.43. The van der Waals surface area contributed by atoms with Gasteiger partial charge in [0, 0.05) is 11.8 Å². The van der Waals surface area contributed by atoms with Crippen LogP contribution in [0.1, 0.15) is 13.8 Å². The molecule has 0 bridgehead atoms. The van der Waals surface area contributed by atoms with Gasteiger partial charge in [-0.15, -0.1) is 0 Å². The summed E-state index contributed by atoms with van der Waals surface area (Å²) in [5, 5.41) is 11.3. The lowest BCUT2D eigenvalue weighted by molar-refractivity contribution is -0.139. The molecule has 1 amide bonds. The second-order valence-electron chi connectivity index (χ2n) is 4.85. The van der Waals surface area contributed by atoms with Crippen LogP contribution < -0.4 is 10.1 Å². The molecule has 0 fully saturated rings. The van der Waals surface area contributed by atoms with E-state index >= 15 is 0 Å². The molecule has 0 saturated carbocycles. The molecule has 7 nitrogen and oxygen atoms in total. The molecule has 1 aromatic rings. The second-order valence-corrected chi connectivity index (χ2v) is 7.39. The summed E-state index contributed by atoms with van der Waals surface area (Å²) in [7, 11) is -2.68. The van der Waals surface area contributed by atoms with Crippen LogP contribution in [0.4, 0.5) is 5.69 Å². The second kappa shape index (κ2) is 6.13. The molecule has 0 aromatic heterocycles. The molecule has 0 aliphatic rings. The van der Waals surface area contributed by atoms with Crippen molar-refractivity contribution in [2.75, 3.05) is 18.2 Å². The summed E-state index contributed by atoms with van der Waals surface area (Å²) >= 11 is 0. The third-order valence-corrected chi connectivity index (χ3v) is 5.34. The lowest BCUT2D eigenvalue weighted by Crippen LogP contribution is -2.44. The maximum atomic E-state index is 12.0. The Hall–Kier alpha value is -2.09. The minimum atomic E-state index is -4.14. The number of carbonyl (C=O) groups is 2. The van der Waals surface area contributed by atoms with Gasteiger partial charge in [0.25, 0.3) is 0 Å². The Morgan fingerprint density at radius 1 is 1.33 bits per heavy atom. The van der Waals surface area contributed by atoms with Crippen molar-refractivity contribution in [1.29, 1.82) is 0 Å². The number of amides is 1. The first-order valence-electron chi connectivity index (χ1n) is 6.00. The zero-order valence-corrected chi connectivity index (χ0v) is 12.7. The van der Waals surface area contributed by atoms with Crippen molar-refractivity contribution in [3.05, 3.63) is 24.3 Å². The van der Waals surface area contributed by atoms with E-state index in [4.69, 9.17) is 9.84 Å². The topological polar surface area (TPSA) is 110 Å². The Morgan fingerprint density at radius 3 is 2.48 bits per heavy atom. The number of methoxy groups -OCH3 is 1. The number of sulfone groups is 1. The Kier molecular flexibility index (Phi) is 4.95. The highest BCUT2D eigenvalue weighted by atomic mass is 32.2. The number of nitrogens with one attached hydrogen (secondary N) is 1. The number of hydrogen-bond acceptors (Lipinski definition) is 5. The van der Waals surface area contributed by atoms with Crippen LogP contribution in [0.15, 0.2) is 24.3 Å². The Labute approximate surface area is 122 Å². The molecule has 0 radical (unpaired) electrons. The van der Waals surface area contributed by atoms with E-state index in [0.29, 0.717) is 11.4 Å². The molecule has 0 spiro atoms. The van der Waals surface area contributed by atoms with Crippen LogP contribution in [0.2, 0.25) is 0 Å². The fourth-order valence-electron chi connectivity index (χ4n) is 1.38. The van der Waals surface area contributed by atoms with Crippen LogP contribution in [0.25, 0.3) is 0 Å². The van der Waals surface area contributed by atoms with E-state index in [1.165, 1.54) is 13.2 Å². The molecule has 0 atom stereocenters. The average molecular weight is 315 g/mol. The van der Waals surface area contributed by atoms with Gasteiger partial charge >= 0.3 is 5.97 Å². The first-order valence-corrected chi connectivity index (χ1v) is 7.65. The van der Waals surface area contributed by atoms with E-state index < -0.39 is 32.2 Å². The average Bonchev–Trinajstić information content (AvgIpc) is 2.37. The van der Waals surface area contributed by atoms with Crippen molar-refractivity contribution in [3.8, 4) is 5.75 Å². The third-order valence-electron chi connectivity index (χ3n) is 2.97. The lowest BCUT2D eigenvalue weighted by Gasteiger charge is -2.19. The highest BCUT2D eigenvalue weighted by molar-refractivity contribution is 7.94. The van der Waals surface area contributed by atoms with Crippen molar-refractivity contribution < 1.29 is 27.9 Å². The molecule has 0 unspecified atom stereocenters. The Balaban J connectivity index is 2.84. The number of anilines is 1. The predicted molar refractivity (Wildman–Crippen MR) is 77.1 cm³/mol. The normalized spacial score (nSPS) is 11.8. The highest BCUT2D eigenvalue weighted by Crippen LogP contribution is 2.19.